The molecule has 0 spiro atoms. The number of fused-ring (bicyclic) bond motifs is 1. The molecule has 0 saturated heterocycles. The van der Waals surface area contributed by atoms with Crippen molar-refractivity contribution in [2.45, 2.75) is 0 Å². The van der Waals surface area contributed by atoms with Crippen LogP contribution in [0.1, 0.15) is 5.56 Å². The predicted octanol–water partition coefficient (Wildman–Crippen LogP) is 1.41. The van der Waals surface area contributed by atoms with Crippen LogP contribution in [0.3, 0.4) is 0 Å². The summed E-state index contributed by atoms with van der Waals surface area (Å²) in [6, 6.07) is 6.90. The Hall–Kier alpha value is -2.28. The highest BCUT2D eigenvalue weighted by molar-refractivity contribution is 5.80. The molecule has 0 unspecified atom stereocenters. The molecule has 2 aromatic rings. The number of hydrogen-bond acceptors (Lipinski definition) is 3. The van der Waals surface area contributed by atoms with Crippen LogP contribution in [0.15, 0.2) is 29.2 Å². The molecule has 0 bridgehead atoms. The topological polar surface area (TPSA) is 65.9 Å². The lowest BCUT2D eigenvalue weighted by molar-refractivity contribution is 0.415. The van der Waals surface area contributed by atoms with Gasteiger partial charge in [0.15, 0.2) is 0 Å². The Morgan fingerprint density at radius 1 is 1.47 bits per heavy atom. The maximum atomic E-state index is 11.7. The molecule has 4 nitrogen and oxygen atoms in total. The molecule has 1 N–H and O–H groups in total. The van der Waals surface area contributed by atoms with Crippen LogP contribution >= 0.6 is 0 Å². The number of methoxy groups -OCH3 is 1. The molecule has 74 valence electrons. The van der Waals surface area contributed by atoms with E-state index in [0.717, 1.165) is 0 Å². The number of rotatable bonds is 1. The van der Waals surface area contributed by atoms with E-state index in [-0.39, 0.29) is 11.0 Å². The van der Waals surface area contributed by atoms with Crippen LogP contribution in [-0.4, -0.2) is 12.1 Å². The Balaban J connectivity index is 2.81. The molecule has 0 aliphatic heterocycles. The van der Waals surface area contributed by atoms with Crippen LogP contribution in [0.5, 0.6) is 5.75 Å². The van der Waals surface area contributed by atoms with Crippen molar-refractivity contribution in [1.82, 2.24) is 4.98 Å². The summed E-state index contributed by atoms with van der Waals surface area (Å²) in [5, 5.41) is 9.18. The normalized spacial score (nSPS) is 9.87. The third-order valence-electron chi connectivity index (χ3n) is 2.21. The van der Waals surface area contributed by atoms with Crippen molar-refractivity contribution in [2.24, 2.45) is 0 Å². The van der Waals surface area contributed by atoms with E-state index in [1.165, 1.54) is 6.20 Å². The van der Waals surface area contributed by atoms with Gasteiger partial charge in [0.2, 0.25) is 5.43 Å². The van der Waals surface area contributed by atoms with E-state index in [1.54, 1.807) is 25.3 Å². The second-order valence-corrected chi connectivity index (χ2v) is 3.05. The molecular formula is C11H8N2O2. The first-order valence-corrected chi connectivity index (χ1v) is 4.36. The summed E-state index contributed by atoms with van der Waals surface area (Å²) in [5.74, 6) is 0.669. The fourth-order valence-electron chi connectivity index (χ4n) is 1.41. The van der Waals surface area contributed by atoms with Gasteiger partial charge < -0.3 is 9.72 Å². The van der Waals surface area contributed by atoms with Crippen LogP contribution in [0.25, 0.3) is 10.9 Å². The molecule has 0 aliphatic rings. The van der Waals surface area contributed by atoms with Crippen molar-refractivity contribution in [3.05, 3.63) is 40.2 Å². The summed E-state index contributed by atoms with van der Waals surface area (Å²) in [7, 11) is 1.56. The Bertz CT molecular complexity index is 608. The highest BCUT2D eigenvalue weighted by atomic mass is 16.5. The number of pyridine rings is 1. The van der Waals surface area contributed by atoms with Crippen molar-refractivity contribution >= 4 is 10.9 Å². The first-order chi connectivity index (χ1) is 7.26. The minimum absolute atomic E-state index is 0.118. The Morgan fingerprint density at radius 3 is 2.93 bits per heavy atom. The molecular weight excluding hydrogens is 192 g/mol. The van der Waals surface area contributed by atoms with Gasteiger partial charge in [0.1, 0.15) is 17.4 Å². The largest absolute Gasteiger partial charge is 0.497 e. The highest BCUT2D eigenvalue weighted by Crippen LogP contribution is 2.16. The maximum Gasteiger partial charge on any atom is 0.207 e. The van der Waals surface area contributed by atoms with E-state index in [9.17, 15) is 4.79 Å². The van der Waals surface area contributed by atoms with E-state index < -0.39 is 0 Å². The molecule has 1 aromatic heterocycles. The number of hydrogen-bond donors (Lipinski definition) is 1. The van der Waals surface area contributed by atoms with Gasteiger partial charge in [-0.05, 0) is 12.1 Å². The Kier molecular flexibility index (Phi) is 2.14. The SMILES string of the molecule is COc1ccc2c(=O)c(C#N)c[nH]c2c1. The lowest BCUT2D eigenvalue weighted by Gasteiger charge is -2.01. The minimum Gasteiger partial charge on any atom is -0.497 e. The highest BCUT2D eigenvalue weighted by Gasteiger charge is 2.04. The zero-order valence-electron chi connectivity index (χ0n) is 8.07. The van der Waals surface area contributed by atoms with Gasteiger partial charge in [-0.3, -0.25) is 4.79 Å². The van der Waals surface area contributed by atoms with Crippen molar-refractivity contribution in [2.75, 3.05) is 7.11 Å². The second kappa shape index (κ2) is 3.46. The Morgan fingerprint density at radius 2 is 2.27 bits per heavy atom. The van der Waals surface area contributed by atoms with Crippen LogP contribution in [0.2, 0.25) is 0 Å². The third kappa shape index (κ3) is 1.44. The van der Waals surface area contributed by atoms with E-state index in [2.05, 4.69) is 4.98 Å². The first kappa shape index (κ1) is 9.28. The van der Waals surface area contributed by atoms with E-state index in [4.69, 9.17) is 10.00 Å². The minimum atomic E-state index is -0.256. The molecule has 2 rings (SSSR count). The van der Waals surface area contributed by atoms with Gasteiger partial charge >= 0.3 is 0 Å². The van der Waals surface area contributed by atoms with Crippen LogP contribution in [0.4, 0.5) is 0 Å². The van der Waals surface area contributed by atoms with Crippen molar-refractivity contribution < 1.29 is 4.74 Å². The number of nitriles is 1. The first-order valence-electron chi connectivity index (χ1n) is 4.36. The predicted molar refractivity (Wildman–Crippen MR) is 55.8 cm³/mol. The molecule has 15 heavy (non-hydrogen) atoms. The number of H-pyrrole nitrogens is 1. The fourth-order valence-corrected chi connectivity index (χ4v) is 1.41. The molecule has 0 radical (unpaired) electrons. The zero-order valence-corrected chi connectivity index (χ0v) is 8.07. The maximum absolute atomic E-state index is 11.7. The molecule has 0 amide bonds. The molecule has 0 aliphatic carbocycles. The Labute approximate surface area is 85.7 Å². The summed E-state index contributed by atoms with van der Waals surface area (Å²) in [5.41, 5.74) is 0.528. The van der Waals surface area contributed by atoms with Gasteiger partial charge in [0.05, 0.1) is 12.6 Å². The zero-order chi connectivity index (χ0) is 10.8. The molecule has 0 saturated carbocycles. The number of ether oxygens (including phenoxy) is 1. The van der Waals surface area contributed by atoms with Crippen LogP contribution in [-0.2, 0) is 0 Å². The quantitative estimate of drug-likeness (QED) is 0.756. The van der Waals surface area contributed by atoms with Gasteiger partial charge in [0, 0.05) is 17.6 Å². The summed E-state index contributed by atoms with van der Waals surface area (Å²) >= 11 is 0. The van der Waals surface area contributed by atoms with Gasteiger partial charge in [-0.15, -0.1) is 0 Å². The molecule has 1 heterocycles. The van der Waals surface area contributed by atoms with Crippen molar-refractivity contribution in [3.8, 4) is 11.8 Å². The summed E-state index contributed by atoms with van der Waals surface area (Å²) in [6.45, 7) is 0. The van der Waals surface area contributed by atoms with E-state index >= 15 is 0 Å². The van der Waals surface area contributed by atoms with Crippen LogP contribution in [0, 0.1) is 11.3 Å². The molecule has 0 atom stereocenters. The number of aromatic amines is 1. The van der Waals surface area contributed by atoms with Gasteiger partial charge in [-0.25, -0.2) is 0 Å². The molecule has 1 aromatic carbocycles. The lowest BCUT2D eigenvalue weighted by atomic mass is 10.1. The standard InChI is InChI=1S/C11H8N2O2/c1-15-8-2-3-9-10(4-8)13-6-7(5-12)11(9)14/h2-4,6H,1H3,(H,13,14). The van der Waals surface area contributed by atoms with Gasteiger partial charge in [-0.2, -0.15) is 5.26 Å². The second-order valence-electron chi connectivity index (χ2n) is 3.05. The fraction of sp³-hybridized carbons (Fsp3) is 0.0909. The number of benzene rings is 1. The lowest BCUT2D eigenvalue weighted by Crippen LogP contribution is -2.06. The van der Waals surface area contributed by atoms with E-state index in [0.29, 0.717) is 16.7 Å². The smallest absolute Gasteiger partial charge is 0.207 e. The summed E-state index contributed by atoms with van der Waals surface area (Å²) in [4.78, 5) is 14.6. The average molecular weight is 200 g/mol. The van der Waals surface area contributed by atoms with E-state index in [1.807, 2.05) is 6.07 Å². The van der Waals surface area contributed by atoms with Crippen molar-refractivity contribution in [3.63, 3.8) is 0 Å². The number of nitrogens with zero attached hydrogens (tertiary/aromatic N) is 1. The number of aromatic nitrogens is 1. The monoisotopic (exact) mass is 200 g/mol. The van der Waals surface area contributed by atoms with Gasteiger partial charge in [0.25, 0.3) is 0 Å². The number of nitrogens with one attached hydrogen (secondary N) is 1. The molecule has 4 heteroatoms. The summed E-state index contributed by atoms with van der Waals surface area (Å²) in [6.07, 6.45) is 1.41. The molecule has 0 fully saturated rings. The average Bonchev–Trinajstić information content (AvgIpc) is 2.29. The van der Waals surface area contributed by atoms with Crippen LogP contribution < -0.4 is 10.2 Å². The summed E-state index contributed by atoms with van der Waals surface area (Å²) < 4.78 is 5.03. The van der Waals surface area contributed by atoms with Crippen molar-refractivity contribution in [1.29, 1.82) is 5.26 Å². The third-order valence-corrected chi connectivity index (χ3v) is 2.21. The van der Waals surface area contributed by atoms with Gasteiger partial charge in [-0.1, -0.05) is 0 Å².